The summed E-state index contributed by atoms with van der Waals surface area (Å²) in [6, 6.07) is -0.755. The maximum Gasteiger partial charge on any atom is 0.408 e. The zero-order valence-electron chi connectivity index (χ0n) is 13.9. The van der Waals surface area contributed by atoms with Crippen LogP contribution < -0.4 is 5.32 Å². The number of hydrogen-bond donors (Lipinski definition) is 1. The Morgan fingerprint density at radius 3 is 2.55 bits per heavy atom. The minimum atomic E-state index is -0.755. The first-order chi connectivity index (χ1) is 10.3. The van der Waals surface area contributed by atoms with Gasteiger partial charge >= 0.3 is 12.1 Å². The lowest BCUT2D eigenvalue weighted by Crippen LogP contribution is -2.45. The van der Waals surface area contributed by atoms with E-state index in [9.17, 15) is 9.59 Å². The molecule has 5 nitrogen and oxygen atoms in total. The molecule has 0 aliphatic carbocycles. The van der Waals surface area contributed by atoms with Gasteiger partial charge in [-0.3, -0.25) is 0 Å². The first-order valence-corrected chi connectivity index (χ1v) is 8.63. The molecular formula is C16H27NO4S. The van der Waals surface area contributed by atoms with E-state index < -0.39 is 23.7 Å². The maximum atomic E-state index is 12.0. The molecule has 1 atom stereocenters. The van der Waals surface area contributed by atoms with Crippen molar-refractivity contribution in [3.63, 3.8) is 0 Å². The average Bonchev–Trinajstić information content (AvgIpc) is 2.40. The second kappa shape index (κ2) is 11.2. The minimum absolute atomic E-state index is 0.357. The highest BCUT2D eigenvalue weighted by Gasteiger charge is 2.25. The highest BCUT2D eigenvalue weighted by Crippen LogP contribution is 2.09. The van der Waals surface area contributed by atoms with Crippen molar-refractivity contribution < 1.29 is 19.1 Å². The number of carbonyl (C=O) groups excluding carboxylic acids is 2. The third kappa shape index (κ3) is 11.3. The van der Waals surface area contributed by atoms with E-state index in [1.165, 1.54) is 11.8 Å². The predicted molar refractivity (Wildman–Crippen MR) is 89.8 cm³/mol. The van der Waals surface area contributed by atoms with Crippen molar-refractivity contribution in [2.24, 2.45) is 0 Å². The second-order valence-electron chi connectivity index (χ2n) is 5.79. The fraction of sp³-hybridized carbons (Fsp3) is 0.750. The Hall–Kier alpha value is -1.35. The number of amides is 1. The van der Waals surface area contributed by atoms with Gasteiger partial charge in [-0.05, 0) is 27.2 Å². The summed E-state index contributed by atoms with van der Waals surface area (Å²) in [4.78, 5) is 23.8. The summed E-state index contributed by atoms with van der Waals surface area (Å²) in [6.45, 7) is 7.72. The number of alkyl carbamates (subject to hydrolysis) is 1. The molecule has 0 aliphatic rings. The summed E-state index contributed by atoms with van der Waals surface area (Å²) in [5.41, 5.74) is -0.619. The van der Waals surface area contributed by atoms with E-state index >= 15 is 0 Å². The van der Waals surface area contributed by atoms with E-state index in [1.807, 2.05) is 0 Å². The number of nitrogens with one attached hydrogen (secondary N) is 1. The molecule has 0 saturated carbocycles. The molecule has 0 aromatic carbocycles. The quantitative estimate of drug-likeness (QED) is 0.400. The number of unbranched alkanes of at least 4 members (excludes halogenated alkanes) is 2. The Balaban J connectivity index is 4.44. The van der Waals surface area contributed by atoms with E-state index in [0.29, 0.717) is 18.1 Å². The van der Waals surface area contributed by atoms with Gasteiger partial charge in [-0.25, -0.2) is 9.59 Å². The van der Waals surface area contributed by atoms with Crippen molar-refractivity contribution in [3.8, 4) is 12.3 Å². The molecule has 0 rings (SSSR count). The van der Waals surface area contributed by atoms with Crippen molar-refractivity contribution in [2.45, 2.75) is 58.6 Å². The van der Waals surface area contributed by atoms with Gasteiger partial charge in [-0.1, -0.05) is 25.7 Å². The molecule has 1 amide bonds. The Kier molecular flexibility index (Phi) is 10.6. The van der Waals surface area contributed by atoms with Gasteiger partial charge in [0.2, 0.25) is 0 Å². The SMILES string of the molecule is C#CCSCC(NC(=O)OC(C)(C)C)C(=O)OCCCCC. The molecule has 1 unspecified atom stereocenters. The van der Waals surface area contributed by atoms with Crippen molar-refractivity contribution in [1.82, 2.24) is 5.32 Å². The van der Waals surface area contributed by atoms with Crippen LogP contribution in [0.15, 0.2) is 0 Å². The van der Waals surface area contributed by atoms with Crippen LogP contribution in [-0.4, -0.2) is 41.8 Å². The standard InChI is InChI=1S/C16H27NO4S/c1-6-8-9-10-20-14(18)13(12-22-11-7-2)17-15(19)21-16(3,4)5/h2,13H,6,8-12H2,1,3-5H3,(H,17,19). The topological polar surface area (TPSA) is 64.6 Å². The highest BCUT2D eigenvalue weighted by atomic mass is 32.2. The van der Waals surface area contributed by atoms with E-state index in [1.54, 1.807) is 20.8 Å². The first-order valence-electron chi connectivity index (χ1n) is 7.47. The van der Waals surface area contributed by atoms with E-state index in [2.05, 4.69) is 18.2 Å². The lowest BCUT2D eigenvalue weighted by Gasteiger charge is -2.22. The average molecular weight is 329 g/mol. The molecule has 22 heavy (non-hydrogen) atoms. The highest BCUT2D eigenvalue weighted by molar-refractivity contribution is 7.99. The number of ether oxygens (including phenoxy) is 2. The molecular weight excluding hydrogens is 302 g/mol. The van der Waals surface area contributed by atoms with Crippen molar-refractivity contribution >= 4 is 23.8 Å². The Morgan fingerprint density at radius 2 is 2.00 bits per heavy atom. The summed E-state index contributed by atoms with van der Waals surface area (Å²) in [5.74, 6) is 2.85. The molecule has 0 fully saturated rings. The lowest BCUT2D eigenvalue weighted by atomic mass is 10.2. The molecule has 0 heterocycles. The van der Waals surface area contributed by atoms with Crippen LogP contribution in [0.3, 0.4) is 0 Å². The van der Waals surface area contributed by atoms with E-state index in [0.717, 1.165) is 19.3 Å². The van der Waals surface area contributed by atoms with Crippen LogP contribution in [0.4, 0.5) is 4.79 Å². The van der Waals surface area contributed by atoms with E-state index in [4.69, 9.17) is 15.9 Å². The van der Waals surface area contributed by atoms with Crippen LogP contribution in [0.1, 0.15) is 47.0 Å². The number of esters is 1. The largest absolute Gasteiger partial charge is 0.464 e. The van der Waals surface area contributed by atoms with Crippen LogP contribution in [0, 0.1) is 12.3 Å². The van der Waals surface area contributed by atoms with Gasteiger partial charge in [0.15, 0.2) is 0 Å². The maximum absolute atomic E-state index is 12.0. The van der Waals surface area contributed by atoms with E-state index in [-0.39, 0.29) is 0 Å². The molecule has 0 aliphatic heterocycles. The second-order valence-corrected chi connectivity index (χ2v) is 6.82. The monoisotopic (exact) mass is 329 g/mol. The summed E-state index contributed by atoms with van der Waals surface area (Å²) < 4.78 is 10.4. The Morgan fingerprint density at radius 1 is 1.32 bits per heavy atom. The van der Waals surface area contributed by atoms with Crippen molar-refractivity contribution in [3.05, 3.63) is 0 Å². The predicted octanol–water partition coefficient (Wildman–Crippen LogP) is 2.98. The van der Waals surface area contributed by atoms with Gasteiger partial charge in [0.25, 0.3) is 0 Å². The van der Waals surface area contributed by atoms with Gasteiger partial charge in [0.1, 0.15) is 11.6 Å². The number of rotatable bonds is 9. The summed E-state index contributed by atoms with van der Waals surface area (Å²) in [6.07, 6.45) is 7.43. The molecule has 0 saturated heterocycles. The zero-order chi connectivity index (χ0) is 17.0. The third-order valence-corrected chi connectivity index (χ3v) is 3.38. The van der Waals surface area contributed by atoms with Gasteiger partial charge in [0.05, 0.1) is 12.4 Å². The number of carbonyl (C=O) groups is 2. The molecule has 1 N–H and O–H groups in total. The Bertz CT molecular complexity index is 385. The number of hydrogen-bond acceptors (Lipinski definition) is 5. The van der Waals surface area contributed by atoms with Crippen LogP contribution in [-0.2, 0) is 14.3 Å². The van der Waals surface area contributed by atoms with Gasteiger partial charge in [-0.15, -0.1) is 18.2 Å². The van der Waals surface area contributed by atoms with Crippen LogP contribution in [0.5, 0.6) is 0 Å². The zero-order valence-corrected chi connectivity index (χ0v) is 14.8. The normalized spacial score (nSPS) is 12.1. The molecule has 0 spiro atoms. The third-order valence-electron chi connectivity index (χ3n) is 2.44. The molecule has 0 aromatic heterocycles. The summed E-state index contributed by atoms with van der Waals surface area (Å²) >= 11 is 1.39. The lowest BCUT2D eigenvalue weighted by molar-refractivity contribution is -0.145. The minimum Gasteiger partial charge on any atom is -0.464 e. The van der Waals surface area contributed by atoms with Gasteiger partial charge < -0.3 is 14.8 Å². The molecule has 0 radical (unpaired) electrons. The number of thioether (sulfide) groups is 1. The fourth-order valence-electron chi connectivity index (χ4n) is 1.48. The molecule has 126 valence electrons. The molecule has 0 aromatic rings. The van der Waals surface area contributed by atoms with Crippen LogP contribution in [0.25, 0.3) is 0 Å². The Labute approximate surface area is 137 Å². The summed E-state index contributed by atoms with van der Waals surface area (Å²) in [7, 11) is 0. The summed E-state index contributed by atoms with van der Waals surface area (Å²) in [5, 5.41) is 2.55. The van der Waals surface area contributed by atoms with Crippen LogP contribution >= 0.6 is 11.8 Å². The first kappa shape index (κ1) is 20.6. The van der Waals surface area contributed by atoms with Crippen molar-refractivity contribution in [2.75, 3.05) is 18.1 Å². The van der Waals surface area contributed by atoms with Crippen molar-refractivity contribution in [1.29, 1.82) is 0 Å². The van der Waals surface area contributed by atoms with Crippen LogP contribution in [0.2, 0.25) is 0 Å². The number of terminal acetylenes is 1. The fourth-order valence-corrected chi connectivity index (χ4v) is 2.17. The van der Waals surface area contributed by atoms with Gasteiger partial charge in [-0.2, -0.15) is 0 Å². The molecule has 6 heteroatoms. The van der Waals surface area contributed by atoms with Gasteiger partial charge in [0, 0.05) is 5.75 Å². The molecule has 0 bridgehead atoms. The smallest absolute Gasteiger partial charge is 0.408 e.